The molecule has 2 aliphatic rings. The average Bonchev–Trinajstić information content (AvgIpc) is 2.56. The highest BCUT2D eigenvalue weighted by atomic mass is 19.1. The summed E-state index contributed by atoms with van der Waals surface area (Å²) < 4.78 is 19.6. The van der Waals surface area contributed by atoms with Crippen molar-refractivity contribution in [1.29, 1.82) is 0 Å². The van der Waals surface area contributed by atoms with Gasteiger partial charge in [0.25, 0.3) is 0 Å². The zero-order chi connectivity index (χ0) is 18.7. The van der Waals surface area contributed by atoms with E-state index in [1.165, 1.54) is 6.07 Å². The summed E-state index contributed by atoms with van der Waals surface area (Å²) in [5.74, 6) is -0.00140. The van der Waals surface area contributed by atoms with Crippen LogP contribution in [-0.4, -0.2) is 30.3 Å². The third-order valence-electron chi connectivity index (χ3n) is 6.05. The molecular formula is C21H30FNO3. The minimum Gasteiger partial charge on any atom is -0.491 e. The first-order chi connectivity index (χ1) is 12.3. The fraction of sp³-hybridized carbons (Fsp3) is 0.667. The first-order valence-corrected chi connectivity index (χ1v) is 9.79. The van der Waals surface area contributed by atoms with Crippen molar-refractivity contribution in [2.75, 3.05) is 18.0 Å². The Bertz CT molecular complexity index is 628. The van der Waals surface area contributed by atoms with Crippen molar-refractivity contribution in [2.45, 2.75) is 64.9 Å². The highest BCUT2D eigenvalue weighted by Gasteiger charge is 2.38. The number of halogens is 1. The first-order valence-electron chi connectivity index (χ1n) is 9.79. The third kappa shape index (κ3) is 4.68. The van der Waals surface area contributed by atoms with E-state index in [-0.39, 0.29) is 11.9 Å². The summed E-state index contributed by atoms with van der Waals surface area (Å²) >= 11 is 0. The van der Waals surface area contributed by atoms with Crippen LogP contribution in [0.15, 0.2) is 18.2 Å². The number of carbonyl (C=O) groups is 1. The van der Waals surface area contributed by atoms with Gasteiger partial charge < -0.3 is 14.7 Å². The Morgan fingerprint density at radius 2 is 1.88 bits per heavy atom. The molecule has 26 heavy (non-hydrogen) atoms. The number of rotatable bonds is 5. The monoisotopic (exact) mass is 363 g/mol. The van der Waals surface area contributed by atoms with Gasteiger partial charge in [0.1, 0.15) is 11.6 Å². The van der Waals surface area contributed by atoms with Crippen molar-refractivity contribution in [3.05, 3.63) is 24.0 Å². The topological polar surface area (TPSA) is 49.8 Å². The lowest BCUT2D eigenvalue weighted by atomic mass is 9.65. The predicted octanol–water partition coefficient (Wildman–Crippen LogP) is 4.86. The van der Waals surface area contributed by atoms with Gasteiger partial charge in [0.15, 0.2) is 0 Å². The van der Waals surface area contributed by atoms with Crippen LogP contribution < -0.4 is 9.64 Å². The zero-order valence-electron chi connectivity index (χ0n) is 15.8. The summed E-state index contributed by atoms with van der Waals surface area (Å²) in [4.78, 5) is 13.2. The maximum absolute atomic E-state index is 14.0. The lowest BCUT2D eigenvalue weighted by Gasteiger charge is -2.46. The Balaban J connectivity index is 1.59. The summed E-state index contributed by atoms with van der Waals surface area (Å²) in [6.07, 6.45) is 6.84. The molecule has 2 fully saturated rings. The summed E-state index contributed by atoms with van der Waals surface area (Å²) in [6.45, 7) is 5.73. The van der Waals surface area contributed by atoms with Gasteiger partial charge in [-0.25, -0.2) is 4.39 Å². The molecule has 1 heterocycles. The van der Waals surface area contributed by atoms with Crippen LogP contribution in [0.5, 0.6) is 5.75 Å². The van der Waals surface area contributed by atoms with Crippen molar-refractivity contribution in [2.24, 2.45) is 11.3 Å². The van der Waals surface area contributed by atoms with Crippen molar-refractivity contribution < 1.29 is 19.0 Å². The van der Waals surface area contributed by atoms with Crippen LogP contribution in [0.1, 0.15) is 58.8 Å². The number of aliphatic carboxylic acids is 1. The van der Waals surface area contributed by atoms with Gasteiger partial charge >= 0.3 is 5.97 Å². The molecule has 1 aliphatic heterocycles. The lowest BCUT2D eigenvalue weighted by molar-refractivity contribution is -0.138. The van der Waals surface area contributed by atoms with Gasteiger partial charge in [0.2, 0.25) is 0 Å². The number of nitrogens with zero attached hydrogens (tertiary/aromatic N) is 1. The molecule has 4 nitrogen and oxygen atoms in total. The average molecular weight is 363 g/mol. The fourth-order valence-electron chi connectivity index (χ4n) is 4.55. The SMILES string of the molecule is CC(C)Oc1cc(F)cc(N2CCC3(CCC(CC(=O)O)CC3)CC2)c1. The molecule has 1 saturated carbocycles. The Hall–Kier alpha value is -1.78. The number of hydrogen-bond donors (Lipinski definition) is 1. The molecule has 0 atom stereocenters. The summed E-state index contributed by atoms with van der Waals surface area (Å²) in [5, 5.41) is 8.98. The van der Waals surface area contributed by atoms with Crippen LogP contribution in [0.3, 0.4) is 0 Å². The van der Waals surface area contributed by atoms with Crippen LogP contribution in [0, 0.1) is 17.2 Å². The lowest BCUT2D eigenvalue weighted by Crippen LogP contribution is -2.42. The molecule has 1 aromatic rings. The second-order valence-electron chi connectivity index (χ2n) is 8.34. The molecule has 1 aromatic carbocycles. The molecule has 3 rings (SSSR count). The molecule has 1 saturated heterocycles. The Kier molecular flexibility index (Phi) is 5.73. The molecule has 1 N–H and O–H groups in total. The number of anilines is 1. The standard InChI is InChI=1S/C21H30FNO3/c1-15(2)26-19-13-17(22)12-18(14-19)23-9-7-21(8-10-23)5-3-16(4-6-21)11-20(24)25/h12-16H,3-11H2,1-2H3,(H,24,25). The third-order valence-corrected chi connectivity index (χ3v) is 6.05. The molecule has 144 valence electrons. The second kappa shape index (κ2) is 7.85. The summed E-state index contributed by atoms with van der Waals surface area (Å²) in [7, 11) is 0. The summed E-state index contributed by atoms with van der Waals surface area (Å²) in [5.41, 5.74) is 1.26. The largest absolute Gasteiger partial charge is 0.491 e. The molecule has 1 aliphatic carbocycles. The van der Waals surface area contributed by atoms with Crippen molar-refractivity contribution in [1.82, 2.24) is 0 Å². The van der Waals surface area contributed by atoms with E-state index < -0.39 is 5.97 Å². The minimum atomic E-state index is -0.675. The van der Waals surface area contributed by atoms with Crippen LogP contribution in [0.4, 0.5) is 10.1 Å². The highest BCUT2D eigenvalue weighted by Crippen LogP contribution is 2.47. The molecule has 0 unspecified atom stereocenters. The quantitative estimate of drug-likeness (QED) is 0.811. The van der Waals surface area contributed by atoms with E-state index in [1.54, 1.807) is 6.07 Å². The molecule has 0 amide bonds. The Morgan fingerprint density at radius 1 is 1.23 bits per heavy atom. The van der Waals surface area contributed by atoms with E-state index >= 15 is 0 Å². The van der Waals surface area contributed by atoms with E-state index in [2.05, 4.69) is 4.90 Å². The number of benzene rings is 1. The van der Waals surface area contributed by atoms with Gasteiger partial charge in [-0.3, -0.25) is 4.79 Å². The Labute approximate surface area is 155 Å². The van der Waals surface area contributed by atoms with Crippen molar-refractivity contribution in [3.63, 3.8) is 0 Å². The van der Waals surface area contributed by atoms with Crippen LogP contribution >= 0.6 is 0 Å². The van der Waals surface area contributed by atoms with Crippen molar-refractivity contribution >= 4 is 11.7 Å². The molecule has 0 bridgehead atoms. The number of piperidine rings is 1. The summed E-state index contributed by atoms with van der Waals surface area (Å²) in [6, 6.07) is 4.97. The molecule has 5 heteroatoms. The van der Waals surface area contributed by atoms with E-state index in [9.17, 15) is 9.18 Å². The number of ether oxygens (including phenoxy) is 1. The second-order valence-corrected chi connectivity index (χ2v) is 8.34. The minimum absolute atomic E-state index is 0.0234. The van der Waals surface area contributed by atoms with E-state index in [0.717, 1.165) is 57.3 Å². The zero-order valence-corrected chi connectivity index (χ0v) is 15.8. The number of carboxylic acids is 1. The maximum Gasteiger partial charge on any atom is 0.303 e. The molecule has 1 spiro atoms. The fourth-order valence-corrected chi connectivity index (χ4v) is 4.55. The molecular weight excluding hydrogens is 333 g/mol. The molecule has 0 radical (unpaired) electrons. The van der Waals surface area contributed by atoms with Crippen molar-refractivity contribution in [3.8, 4) is 5.75 Å². The van der Waals surface area contributed by atoms with E-state index in [4.69, 9.17) is 9.84 Å². The highest BCUT2D eigenvalue weighted by molar-refractivity contribution is 5.67. The van der Waals surface area contributed by atoms with Gasteiger partial charge in [0, 0.05) is 37.3 Å². The van der Waals surface area contributed by atoms with Gasteiger partial charge in [-0.2, -0.15) is 0 Å². The maximum atomic E-state index is 14.0. The smallest absolute Gasteiger partial charge is 0.303 e. The van der Waals surface area contributed by atoms with E-state index in [1.807, 2.05) is 19.9 Å². The first kappa shape index (κ1) is 19.0. The van der Waals surface area contributed by atoms with Crippen LogP contribution in [0.25, 0.3) is 0 Å². The van der Waals surface area contributed by atoms with Gasteiger partial charge in [0.05, 0.1) is 6.10 Å². The van der Waals surface area contributed by atoms with Gasteiger partial charge in [-0.15, -0.1) is 0 Å². The van der Waals surface area contributed by atoms with Crippen LogP contribution in [-0.2, 0) is 4.79 Å². The Morgan fingerprint density at radius 3 is 2.46 bits per heavy atom. The van der Waals surface area contributed by atoms with Gasteiger partial charge in [-0.05, 0) is 69.8 Å². The normalized spacial score (nSPS) is 20.5. The van der Waals surface area contributed by atoms with Gasteiger partial charge in [-0.1, -0.05) is 0 Å². The van der Waals surface area contributed by atoms with Crippen LogP contribution in [0.2, 0.25) is 0 Å². The molecule has 0 aromatic heterocycles. The predicted molar refractivity (Wildman–Crippen MR) is 100 cm³/mol. The number of carboxylic acid groups (broad SMARTS) is 1. The van der Waals surface area contributed by atoms with E-state index in [0.29, 0.717) is 23.5 Å². The number of hydrogen-bond acceptors (Lipinski definition) is 3.